The maximum Gasteiger partial charge on any atom is 0.179 e. The van der Waals surface area contributed by atoms with E-state index in [0.29, 0.717) is 23.0 Å². The average Bonchev–Trinajstić information content (AvgIpc) is 2.46. The molecule has 0 N–H and O–H groups in total. The molecule has 2 rings (SSSR count). The Kier molecular flexibility index (Phi) is 5.02. The van der Waals surface area contributed by atoms with Crippen LogP contribution in [0.5, 0.6) is 0 Å². The molecular formula is C16H22N2O2S. The number of hydrogen-bond acceptors (Lipinski definition) is 4. The summed E-state index contributed by atoms with van der Waals surface area (Å²) in [5.74, 6) is 0.865. The Labute approximate surface area is 127 Å². The van der Waals surface area contributed by atoms with Crippen molar-refractivity contribution >= 4 is 9.84 Å². The first kappa shape index (κ1) is 16.0. The van der Waals surface area contributed by atoms with Crippen molar-refractivity contribution in [2.75, 3.05) is 18.8 Å². The van der Waals surface area contributed by atoms with Crippen molar-refractivity contribution in [2.24, 2.45) is 5.92 Å². The summed E-state index contributed by atoms with van der Waals surface area (Å²) in [6.45, 7) is 5.98. The maximum absolute atomic E-state index is 12.3. The van der Waals surface area contributed by atoms with Gasteiger partial charge in [-0.25, -0.2) is 8.42 Å². The summed E-state index contributed by atoms with van der Waals surface area (Å²) >= 11 is 0. The number of benzene rings is 1. The quantitative estimate of drug-likeness (QED) is 0.857. The van der Waals surface area contributed by atoms with Crippen LogP contribution in [0.25, 0.3) is 0 Å². The minimum Gasteiger partial charge on any atom is -0.300 e. The van der Waals surface area contributed by atoms with Crippen molar-refractivity contribution in [2.45, 2.75) is 37.6 Å². The van der Waals surface area contributed by atoms with E-state index in [1.165, 1.54) is 12.1 Å². The van der Waals surface area contributed by atoms with Gasteiger partial charge in [0.25, 0.3) is 0 Å². The molecule has 1 saturated heterocycles. The van der Waals surface area contributed by atoms with Gasteiger partial charge in [-0.05, 0) is 56.5 Å². The normalized spacial score (nSPS) is 23.7. The van der Waals surface area contributed by atoms with Gasteiger partial charge < -0.3 is 0 Å². The molecule has 2 atom stereocenters. The van der Waals surface area contributed by atoms with E-state index in [1.54, 1.807) is 12.1 Å². The predicted molar refractivity (Wildman–Crippen MR) is 82.6 cm³/mol. The van der Waals surface area contributed by atoms with Gasteiger partial charge in [0, 0.05) is 12.6 Å². The molecule has 0 radical (unpaired) electrons. The highest BCUT2D eigenvalue weighted by Crippen LogP contribution is 2.22. The number of sulfone groups is 1. The van der Waals surface area contributed by atoms with E-state index < -0.39 is 9.84 Å². The fourth-order valence-corrected chi connectivity index (χ4v) is 4.14. The molecule has 0 spiro atoms. The summed E-state index contributed by atoms with van der Waals surface area (Å²) in [7, 11) is -3.27. The Hall–Kier alpha value is -1.38. The standard InChI is InChI=1S/C16H22N2O2S/c1-13-7-8-18(14(2)11-13)9-10-21(19,20)16-5-3-15(12-17)4-6-16/h3-6,13-14H,7-11H2,1-2H3/t13-,14+/m1/s1. The van der Waals surface area contributed by atoms with E-state index in [1.807, 2.05) is 6.07 Å². The molecule has 1 aliphatic rings. The maximum atomic E-state index is 12.3. The topological polar surface area (TPSA) is 61.2 Å². The second-order valence-corrected chi connectivity index (χ2v) is 8.08. The van der Waals surface area contributed by atoms with E-state index >= 15 is 0 Å². The van der Waals surface area contributed by atoms with E-state index in [9.17, 15) is 8.42 Å². The smallest absolute Gasteiger partial charge is 0.179 e. The van der Waals surface area contributed by atoms with Gasteiger partial charge in [-0.2, -0.15) is 5.26 Å². The molecule has 0 unspecified atom stereocenters. The van der Waals surface area contributed by atoms with Crippen molar-refractivity contribution in [3.05, 3.63) is 29.8 Å². The van der Waals surface area contributed by atoms with Crippen molar-refractivity contribution in [1.82, 2.24) is 4.90 Å². The third kappa shape index (κ3) is 4.05. The lowest BCUT2D eigenvalue weighted by atomic mass is 9.93. The Morgan fingerprint density at radius 2 is 1.95 bits per heavy atom. The summed E-state index contributed by atoms with van der Waals surface area (Å²) in [5, 5.41) is 8.75. The van der Waals surface area contributed by atoms with E-state index in [-0.39, 0.29) is 5.75 Å². The Balaban J connectivity index is 1.99. The molecule has 1 aliphatic heterocycles. The molecular weight excluding hydrogens is 284 g/mol. The van der Waals surface area contributed by atoms with Crippen molar-refractivity contribution < 1.29 is 8.42 Å². The number of nitrogens with zero attached hydrogens (tertiary/aromatic N) is 2. The van der Waals surface area contributed by atoms with Crippen LogP contribution >= 0.6 is 0 Å². The van der Waals surface area contributed by atoms with Crippen LogP contribution in [0.4, 0.5) is 0 Å². The molecule has 1 heterocycles. The van der Waals surface area contributed by atoms with Crippen LogP contribution in [0.15, 0.2) is 29.2 Å². The molecule has 1 aromatic carbocycles. The highest BCUT2D eigenvalue weighted by molar-refractivity contribution is 7.91. The van der Waals surface area contributed by atoms with Crippen molar-refractivity contribution in [1.29, 1.82) is 5.26 Å². The zero-order valence-corrected chi connectivity index (χ0v) is 13.4. The Bertz CT molecular complexity index is 617. The summed E-state index contributed by atoms with van der Waals surface area (Å²) in [5.41, 5.74) is 0.479. The van der Waals surface area contributed by atoms with Crippen LogP contribution < -0.4 is 0 Å². The molecule has 1 aromatic rings. The van der Waals surface area contributed by atoms with Gasteiger partial charge in [0.05, 0.1) is 22.3 Å². The van der Waals surface area contributed by atoms with Crippen LogP contribution in [0, 0.1) is 17.2 Å². The Morgan fingerprint density at radius 3 is 2.52 bits per heavy atom. The lowest BCUT2D eigenvalue weighted by Crippen LogP contribution is -2.42. The van der Waals surface area contributed by atoms with Gasteiger partial charge in [-0.15, -0.1) is 0 Å². The highest BCUT2D eigenvalue weighted by atomic mass is 32.2. The second kappa shape index (κ2) is 6.59. The average molecular weight is 306 g/mol. The number of nitriles is 1. The molecule has 0 bridgehead atoms. The van der Waals surface area contributed by atoms with Gasteiger partial charge >= 0.3 is 0 Å². The van der Waals surface area contributed by atoms with Crippen LogP contribution in [0.3, 0.4) is 0 Å². The first-order valence-electron chi connectivity index (χ1n) is 7.39. The molecule has 4 nitrogen and oxygen atoms in total. The van der Waals surface area contributed by atoms with Gasteiger partial charge in [-0.3, -0.25) is 4.90 Å². The van der Waals surface area contributed by atoms with Gasteiger partial charge in [0.2, 0.25) is 0 Å². The SMILES string of the molecule is C[C@@H]1CCN(CCS(=O)(=O)c2ccc(C#N)cc2)[C@@H](C)C1. The lowest BCUT2D eigenvalue weighted by Gasteiger charge is -2.36. The van der Waals surface area contributed by atoms with Gasteiger partial charge in [0.15, 0.2) is 9.84 Å². The molecule has 0 aliphatic carbocycles. The highest BCUT2D eigenvalue weighted by Gasteiger charge is 2.24. The summed E-state index contributed by atoms with van der Waals surface area (Å²) in [4.78, 5) is 2.57. The first-order chi connectivity index (χ1) is 9.92. The predicted octanol–water partition coefficient (Wildman–Crippen LogP) is 2.45. The monoisotopic (exact) mass is 306 g/mol. The molecule has 0 saturated carbocycles. The third-order valence-corrected chi connectivity index (χ3v) is 5.98. The molecule has 5 heteroatoms. The fraction of sp³-hybridized carbons (Fsp3) is 0.562. The third-order valence-electron chi connectivity index (χ3n) is 4.27. The van der Waals surface area contributed by atoms with Crippen LogP contribution in [-0.4, -0.2) is 38.2 Å². The van der Waals surface area contributed by atoms with Crippen LogP contribution in [0.1, 0.15) is 32.3 Å². The zero-order valence-electron chi connectivity index (χ0n) is 12.6. The number of likely N-dealkylation sites (tertiary alicyclic amines) is 1. The lowest BCUT2D eigenvalue weighted by molar-refractivity contribution is 0.137. The van der Waals surface area contributed by atoms with Crippen molar-refractivity contribution in [3.63, 3.8) is 0 Å². The Morgan fingerprint density at radius 1 is 1.29 bits per heavy atom. The van der Waals surface area contributed by atoms with Crippen molar-refractivity contribution in [3.8, 4) is 6.07 Å². The molecule has 21 heavy (non-hydrogen) atoms. The minimum atomic E-state index is -3.27. The van der Waals surface area contributed by atoms with E-state index in [4.69, 9.17) is 5.26 Å². The molecule has 0 aromatic heterocycles. The molecule has 114 valence electrons. The molecule has 1 fully saturated rings. The largest absolute Gasteiger partial charge is 0.300 e. The van der Waals surface area contributed by atoms with Crippen LogP contribution in [0.2, 0.25) is 0 Å². The van der Waals surface area contributed by atoms with Crippen LogP contribution in [-0.2, 0) is 9.84 Å². The minimum absolute atomic E-state index is 0.137. The summed E-state index contributed by atoms with van der Waals surface area (Å²) < 4.78 is 24.7. The van der Waals surface area contributed by atoms with Gasteiger partial charge in [-0.1, -0.05) is 6.92 Å². The second-order valence-electron chi connectivity index (χ2n) is 5.97. The van der Waals surface area contributed by atoms with Gasteiger partial charge in [0.1, 0.15) is 0 Å². The summed E-state index contributed by atoms with van der Waals surface area (Å²) in [6, 6.07) is 8.60. The number of hydrogen-bond donors (Lipinski definition) is 0. The fourth-order valence-electron chi connectivity index (χ4n) is 2.88. The number of rotatable bonds is 4. The van der Waals surface area contributed by atoms with E-state index in [2.05, 4.69) is 18.7 Å². The first-order valence-corrected chi connectivity index (χ1v) is 9.04. The zero-order chi connectivity index (χ0) is 15.5. The summed E-state index contributed by atoms with van der Waals surface area (Å²) in [6.07, 6.45) is 2.28. The number of piperidine rings is 1. The molecule has 0 amide bonds. The van der Waals surface area contributed by atoms with E-state index in [0.717, 1.165) is 25.3 Å².